The van der Waals surface area contributed by atoms with Crippen molar-refractivity contribution in [2.45, 2.75) is 25.8 Å². The highest BCUT2D eigenvalue weighted by atomic mass is 79.9. The fourth-order valence-electron chi connectivity index (χ4n) is 3.09. The number of esters is 1. The van der Waals surface area contributed by atoms with Crippen LogP contribution in [0.3, 0.4) is 0 Å². The zero-order valence-corrected chi connectivity index (χ0v) is 16.8. The van der Waals surface area contributed by atoms with Gasteiger partial charge in [0.25, 0.3) is 0 Å². The van der Waals surface area contributed by atoms with Crippen LogP contribution in [0.15, 0.2) is 47.1 Å². The van der Waals surface area contributed by atoms with E-state index in [-0.39, 0.29) is 6.03 Å². The number of rotatable bonds is 4. The number of amides is 2. The molecule has 27 heavy (non-hydrogen) atoms. The van der Waals surface area contributed by atoms with Gasteiger partial charge in [-0.2, -0.15) is 0 Å². The van der Waals surface area contributed by atoms with E-state index in [4.69, 9.17) is 4.74 Å². The number of methoxy groups -OCH3 is 1. The Hall–Kier alpha value is -2.41. The van der Waals surface area contributed by atoms with Crippen molar-refractivity contribution >= 4 is 33.6 Å². The van der Waals surface area contributed by atoms with Gasteiger partial charge in [-0.15, -0.1) is 0 Å². The van der Waals surface area contributed by atoms with E-state index in [1.807, 2.05) is 29.2 Å². The lowest BCUT2D eigenvalue weighted by Gasteiger charge is -2.33. The minimum atomic E-state index is -0.428. The Morgan fingerprint density at radius 3 is 2.59 bits per heavy atom. The molecule has 2 heterocycles. The molecule has 1 aromatic carbocycles. The third-order valence-electron chi connectivity index (χ3n) is 4.54. The molecule has 142 valence electrons. The molecular weight excluding hydrogens is 410 g/mol. The Labute approximate surface area is 167 Å². The van der Waals surface area contributed by atoms with Crippen LogP contribution in [0.25, 0.3) is 0 Å². The Kier molecular flexibility index (Phi) is 6.45. The lowest BCUT2D eigenvalue weighted by molar-refractivity contribution is 0.0600. The number of benzene rings is 1. The predicted octanol–water partition coefficient (Wildman–Crippen LogP) is 4.24. The van der Waals surface area contributed by atoms with E-state index in [0.29, 0.717) is 17.8 Å². The summed E-state index contributed by atoms with van der Waals surface area (Å²) in [5.74, 6) is -0.428. The van der Waals surface area contributed by atoms with Crippen LogP contribution in [0.4, 0.5) is 10.5 Å². The number of anilines is 1. The van der Waals surface area contributed by atoms with Gasteiger partial charge >= 0.3 is 12.0 Å². The number of likely N-dealkylation sites (tertiary alicyclic amines) is 1. The van der Waals surface area contributed by atoms with E-state index in [2.05, 4.69) is 20.9 Å². The van der Waals surface area contributed by atoms with Crippen LogP contribution in [0.1, 0.15) is 35.3 Å². The first-order valence-electron chi connectivity index (χ1n) is 8.94. The summed E-state index contributed by atoms with van der Waals surface area (Å²) in [6, 6.07) is 11.1. The van der Waals surface area contributed by atoms with Crippen molar-refractivity contribution in [3.05, 3.63) is 58.3 Å². The molecule has 1 aliphatic heterocycles. The van der Waals surface area contributed by atoms with Crippen molar-refractivity contribution < 1.29 is 14.3 Å². The SMILES string of the molecule is COC(=O)c1ccc(CN(C(=O)N2CCCCC2)c2cccc(Br)c2)nc1. The molecule has 1 fully saturated rings. The fourth-order valence-corrected chi connectivity index (χ4v) is 3.48. The van der Waals surface area contributed by atoms with Gasteiger partial charge in [0.1, 0.15) is 0 Å². The van der Waals surface area contributed by atoms with Crippen molar-refractivity contribution in [2.24, 2.45) is 0 Å². The second-order valence-corrected chi connectivity index (χ2v) is 7.34. The summed E-state index contributed by atoms with van der Waals surface area (Å²) in [5.41, 5.74) is 1.89. The topological polar surface area (TPSA) is 62.7 Å². The number of carbonyl (C=O) groups is 2. The maximum absolute atomic E-state index is 13.2. The third-order valence-corrected chi connectivity index (χ3v) is 5.04. The van der Waals surface area contributed by atoms with E-state index in [9.17, 15) is 9.59 Å². The number of nitrogens with zero attached hydrogens (tertiary/aromatic N) is 3. The van der Waals surface area contributed by atoms with Gasteiger partial charge in [-0.05, 0) is 49.6 Å². The van der Waals surface area contributed by atoms with E-state index < -0.39 is 5.97 Å². The van der Waals surface area contributed by atoms with Gasteiger partial charge in [0, 0.05) is 29.4 Å². The summed E-state index contributed by atoms with van der Waals surface area (Å²) in [4.78, 5) is 32.7. The predicted molar refractivity (Wildman–Crippen MR) is 107 cm³/mol. The van der Waals surface area contributed by atoms with Gasteiger partial charge in [-0.1, -0.05) is 22.0 Å². The number of carbonyl (C=O) groups excluding carboxylic acids is 2. The second kappa shape index (κ2) is 8.99. The first-order chi connectivity index (χ1) is 13.1. The number of piperidine rings is 1. The lowest BCUT2D eigenvalue weighted by atomic mass is 10.1. The van der Waals surface area contributed by atoms with Crippen LogP contribution in [0.2, 0.25) is 0 Å². The molecule has 0 aliphatic carbocycles. The van der Waals surface area contributed by atoms with Crippen LogP contribution >= 0.6 is 15.9 Å². The van der Waals surface area contributed by atoms with E-state index in [1.54, 1.807) is 17.0 Å². The van der Waals surface area contributed by atoms with E-state index >= 15 is 0 Å². The molecule has 0 N–H and O–H groups in total. The maximum Gasteiger partial charge on any atom is 0.339 e. The average Bonchev–Trinajstić information content (AvgIpc) is 2.72. The Bertz CT molecular complexity index is 804. The number of urea groups is 1. The van der Waals surface area contributed by atoms with Crippen LogP contribution < -0.4 is 4.90 Å². The smallest absolute Gasteiger partial charge is 0.339 e. The number of ether oxygens (including phenoxy) is 1. The first kappa shape index (κ1) is 19.4. The minimum absolute atomic E-state index is 0.0216. The third kappa shape index (κ3) is 4.86. The normalized spacial score (nSPS) is 13.9. The summed E-state index contributed by atoms with van der Waals surface area (Å²) in [7, 11) is 1.34. The molecule has 0 atom stereocenters. The largest absolute Gasteiger partial charge is 0.465 e. The van der Waals surface area contributed by atoms with Gasteiger partial charge in [-0.25, -0.2) is 9.59 Å². The molecule has 1 aromatic heterocycles. The molecule has 0 bridgehead atoms. The van der Waals surface area contributed by atoms with Crippen molar-refractivity contribution in [3.63, 3.8) is 0 Å². The molecular formula is C20H22BrN3O3. The molecule has 0 unspecified atom stereocenters. The van der Waals surface area contributed by atoms with E-state index in [1.165, 1.54) is 13.3 Å². The molecule has 7 heteroatoms. The highest BCUT2D eigenvalue weighted by Crippen LogP contribution is 2.24. The molecule has 3 rings (SSSR count). The molecule has 2 amide bonds. The standard InChI is InChI=1S/C20H22BrN3O3/c1-27-19(25)15-8-9-17(22-13-15)14-24(18-7-5-6-16(21)12-18)20(26)23-10-3-2-4-11-23/h5-9,12-13H,2-4,10-11,14H2,1H3. The van der Waals surface area contributed by atoms with Gasteiger partial charge < -0.3 is 9.64 Å². The van der Waals surface area contributed by atoms with Crippen molar-refractivity contribution in [1.82, 2.24) is 9.88 Å². The number of hydrogen-bond donors (Lipinski definition) is 0. The summed E-state index contributed by atoms with van der Waals surface area (Å²) in [6.07, 6.45) is 4.71. The zero-order valence-electron chi connectivity index (χ0n) is 15.2. The Morgan fingerprint density at radius 1 is 1.19 bits per heavy atom. The summed E-state index contributed by atoms with van der Waals surface area (Å²) < 4.78 is 5.61. The first-order valence-corrected chi connectivity index (χ1v) is 9.73. The molecule has 0 saturated carbocycles. The highest BCUT2D eigenvalue weighted by Gasteiger charge is 2.24. The Morgan fingerprint density at radius 2 is 1.96 bits per heavy atom. The number of aromatic nitrogens is 1. The van der Waals surface area contributed by atoms with Gasteiger partial charge in [0.15, 0.2) is 0 Å². The summed E-state index contributed by atoms with van der Waals surface area (Å²) in [5, 5.41) is 0. The Balaban J connectivity index is 1.85. The zero-order chi connectivity index (χ0) is 19.2. The molecule has 0 radical (unpaired) electrons. The van der Waals surface area contributed by atoms with Gasteiger partial charge in [-0.3, -0.25) is 9.88 Å². The van der Waals surface area contributed by atoms with E-state index in [0.717, 1.165) is 42.5 Å². The lowest BCUT2D eigenvalue weighted by Crippen LogP contribution is -2.45. The fraction of sp³-hybridized carbons (Fsp3) is 0.350. The van der Waals surface area contributed by atoms with Gasteiger partial charge in [0.05, 0.1) is 24.9 Å². The summed E-state index contributed by atoms with van der Waals surface area (Å²) >= 11 is 3.48. The molecule has 2 aromatic rings. The number of pyridine rings is 1. The van der Waals surface area contributed by atoms with Crippen LogP contribution in [0.5, 0.6) is 0 Å². The quantitative estimate of drug-likeness (QED) is 0.678. The average molecular weight is 432 g/mol. The second-order valence-electron chi connectivity index (χ2n) is 6.43. The van der Waals surface area contributed by atoms with Crippen LogP contribution in [0, 0.1) is 0 Å². The monoisotopic (exact) mass is 431 g/mol. The van der Waals surface area contributed by atoms with Crippen LogP contribution in [-0.2, 0) is 11.3 Å². The van der Waals surface area contributed by atoms with Gasteiger partial charge in [0.2, 0.25) is 0 Å². The number of halogens is 1. The highest BCUT2D eigenvalue weighted by molar-refractivity contribution is 9.10. The molecule has 0 spiro atoms. The van der Waals surface area contributed by atoms with Crippen molar-refractivity contribution in [2.75, 3.05) is 25.1 Å². The maximum atomic E-state index is 13.2. The number of hydrogen-bond acceptors (Lipinski definition) is 4. The van der Waals surface area contributed by atoms with Crippen molar-refractivity contribution in [1.29, 1.82) is 0 Å². The van der Waals surface area contributed by atoms with Crippen LogP contribution in [-0.4, -0.2) is 42.1 Å². The minimum Gasteiger partial charge on any atom is -0.465 e. The molecule has 1 aliphatic rings. The molecule has 1 saturated heterocycles. The van der Waals surface area contributed by atoms with Crippen molar-refractivity contribution in [3.8, 4) is 0 Å². The summed E-state index contributed by atoms with van der Waals surface area (Å²) in [6.45, 7) is 1.88. The molecule has 6 nitrogen and oxygen atoms in total.